The number of ether oxygens (including phenoxy) is 1. The van der Waals surface area contributed by atoms with Gasteiger partial charge in [-0.3, -0.25) is 0 Å². The maximum absolute atomic E-state index is 10.9. The quantitative estimate of drug-likeness (QED) is 0.721. The van der Waals surface area contributed by atoms with Crippen molar-refractivity contribution in [3.63, 3.8) is 0 Å². The Morgan fingerprint density at radius 1 is 1.43 bits per heavy atom. The van der Waals surface area contributed by atoms with Crippen LogP contribution in [0.4, 0.5) is 4.79 Å². The Kier molecular flexibility index (Phi) is 2.10. The van der Waals surface area contributed by atoms with E-state index in [2.05, 4.69) is 10.3 Å². The largest absolute Gasteiger partial charge is 0.413 e. The maximum atomic E-state index is 10.9. The van der Waals surface area contributed by atoms with Crippen molar-refractivity contribution in [1.82, 2.24) is 10.3 Å². The highest BCUT2D eigenvalue weighted by Gasteiger charge is 2.04. The van der Waals surface area contributed by atoms with Gasteiger partial charge in [0.2, 0.25) is 5.88 Å². The second kappa shape index (κ2) is 3.41. The fourth-order valence-corrected chi connectivity index (χ4v) is 1.25. The molecule has 0 unspecified atom stereocenters. The van der Waals surface area contributed by atoms with E-state index in [1.165, 1.54) is 7.05 Å². The fraction of sp³-hybridized carbons (Fsp3) is 0.100. The van der Waals surface area contributed by atoms with E-state index in [1.807, 2.05) is 24.3 Å². The van der Waals surface area contributed by atoms with Crippen LogP contribution in [0.3, 0.4) is 0 Å². The number of fused-ring (bicyclic) bond motifs is 1. The maximum Gasteiger partial charge on any atom is 0.413 e. The molecule has 1 aromatic heterocycles. The van der Waals surface area contributed by atoms with Gasteiger partial charge < -0.3 is 15.0 Å². The minimum atomic E-state index is -0.475. The second-order valence-corrected chi connectivity index (χ2v) is 2.86. The normalized spacial score (nSPS) is 10.1. The van der Waals surface area contributed by atoms with E-state index in [9.17, 15) is 4.79 Å². The summed E-state index contributed by atoms with van der Waals surface area (Å²) in [5.74, 6) is 0.450. The molecule has 4 heteroatoms. The van der Waals surface area contributed by atoms with Gasteiger partial charge in [0.25, 0.3) is 0 Å². The van der Waals surface area contributed by atoms with E-state index in [0.717, 1.165) is 10.9 Å². The second-order valence-electron chi connectivity index (χ2n) is 2.86. The van der Waals surface area contributed by atoms with Crippen LogP contribution in [0.2, 0.25) is 0 Å². The molecule has 0 spiro atoms. The van der Waals surface area contributed by atoms with Crippen LogP contribution in [0.15, 0.2) is 30.3 Å². The fourth-order valence-electron chi connectivity index (χ4n) is 1.25. The molecule has 1 heterocycles. The topological polar surface area (TPSA) is 54.1 Å². The number of rotatable bonds is 1. The van der Waals surface area contributed by atoms with Crippen molar-refractivity contribution in [3.8, 4) is 5.88 Å². The average Bonchev–Trinajstić information content (AvgIpc) is 2.59. The molecule has 14 heavy (non-hydrogen) atoms. The molecule has 0 aliphatic carbocycles. The Morgan fingerprint density at radius 2 is 2.21 bits per heavy atom. The highest BCUT2D eigenvalue weighted by atomic mass is 16.6. The number of hydrogen-bond acceptors (Lipinski definition) is 2. The first kappa shape index (κ1) is 8.62. The van der Waals surface area contributed by atoms with Crippen molar-refractivity contribution >= 4 is 17.0 Å². The summed E-state index contributed by atoms with van der Waals surface area (Å²) < 4.78 is 4.94. The van der Waals surface area contributed by atoms with Gasteiger partial charge >= 0.3 is 6.09 Å². The van der Waals surface area contributed by atoms with Crippen molar-refractivity contribution in [2.24, 2.45) is 0 Å². The first-order valence-electron chi connectivity index (χ1n) is 4.27. The number of H-pyrrole nitrogens is 1. The smallest absolute Gasteiger partial charge is 0.393 e. The van der Waals surface area contributed by atoms with Gasteiger partial charge in [-0.05, 0) is 6.07 Å². The zero-order valence-electron chi connectivity index (χ0n) is 7.70. The summed E-state index contributed by atoms with van der Waals surface area (Å²) in [7, 11) is 1.52. The lowest BCUT2D eigenvalue weighted by molar-refractivity contribution is 0.201. The minimum Gasteiger partial charge on any atom is -0.393 e. The number of carbonyl (C=O) groups excluding carboxylic acids is 1. The first-order valence-corrected chi connectivity index (χ1v) is 4.27. The SMILES string of the molecule is CNC(=O)Oc1cc2ccccc2[nH]1. The van der Waals surface area contributed by atoms with Crippen molar-refractivity contribution in [1.29, 1.82) is 0 Å². The van der Waals surface area contributed by atoms with Crippen LogP contribution >= 0.6 is 0 Å². The Balaban J connectivity index is 2.31. The molecule has 0 bridgehead atoms. The van der Waals surface area contributed by atoms with E-state index < -0.39 is 6.09 Å². The van der Waals surface area contributed by atoms with Crippen LogP contribution < -0.4 is 10.1 Å². The minimum absolute atomic E-state index is 0.450. The third kappa shape index (κ3) is 1.54. The summed E-state index contributed by atoms with van der Waals surface area (Å²) >= 11 is 0. The van der Waals surface area contributed by atoms with E-state index in [4.69, 9.17) is 4.74 Å². The van der Waals surface area contributed by atoms with Gasteiger partial charge in [-0.15, -0.1) is 0 Å². The number of aromatic nitrogens is 1. The van der Waals surface area contributed by atoms with Gasteiger partial charge in [0.1, 0.15) is 0 Å². The van der Waals surface area contributed by atoms with Crippen LogP contribution in [0, 0.1) is 0 Å². The van der Waals surface area contributed by atoms with Crippen LogP contribution in [-0.2, 0) is 0 Å². The highest BCUT2D eigenvalue weighted by Crippen LogP contribution is 2.19. The molecule has 72 valence electrons. The third-order valence-electron chi connectivity index (χ3n) is 1.91. The lowest BCUT2D eigenvalue weighted by Gasteiger charge is -1.97. The molecule has 2 aromatic rings. The van der Waals surface area contributed by atoms with E-state index in [0.29, 0.717) is 5.88 Å². The number of aromatic amines is 1. The molecular formula is C10H10N2O2. The monoisotopic (exact) mass is 190 g/mol. The van der Waals surface area contributed by atoms with E-state index in [-0.39, 0.29) is 0 Å². The highest BCUT2D eigenvalue weighted by molar-refractivity contribution is 5.82. The first-order chi connectivity index (χ1) is 6.79. The number of benzene rings is 1. The summed E-state index contributed by atoms with van der Waals surface area (Å²) in [4.78, 5) is 13.9. The van der Waals surface area contributed by atoms with Crippen molar-refractivity contribution in [2.45, 2.75) is 0 Å². The number of carbonyl (C=O) groups is 1. The standard InChI is InChI=1S/C10H10N2O2/c1-11-10(13)14-9-6-7-4-2-3-5-8(7)12-9/h2-6,12H,1H3,(H,11,13). The summed E-state index contributed by atoms with van der Waals surface area (Å²) in [6.07, 6.45) is -0.475. The lowest BCUT2D eigenvalue weighted by Crippen LogP contribution is -2.22. The lowest BCUT2D eigenvalue weighted by atomic mass is 10.3. The molecule has 4 nitrogen and oxygen atoms in total. The zero-order valence-corrected chi connectivity index (χ0v) is 7.70. The molecule has 0 aliphatic heterocycles. The van der Waals surface area contributed by atoms with Crippen LogP contribution in [0.25, 0.3) is 10.9 Å². The summed E-state index contributed by atoms with van der Waals surface area (Å²) in [6, 6.07) is 9.50. The molecule has 0 fully saturated rings. The van der Waals surface area contributed by atoms with Gasteiger partial charge in [-0.2, -0.15) is 0 Å². The summed E-state index contributed by atoms with van der Waals surface area (Å²) in [5, 5.41) is 3.40. The molecule has 0 aliphatic rings. The van der Waals surface area contributed by atoms with Crippen molar-refractivity contribution < 1.29 is 9.53 Å². The van der Waals surface area contributed by atoms with Crippen molar-refractivity contribution in [2.75, 3.05) is 7.05 Å². The predicted molar refractivity (Wildman–Crippen MR) is 53.4 cm³/mol. The Labute approximate surface area is 80.9 Å². The molecule has 0 radical (unpaired) electrons. The van der Waals surface area contributed by atoms with Gasteiger partial charge in [-0.25, -0.2) is 4.79 Å². The van der Waals surface area contributed by atoms with Crippen LogP contribution in [-0.4, -0.2) is 18.1 Å². The van der Waals surface area contributed by atoms with Crippen molar-refractivity contribution in [3.05, 3.63) is 30.3 Å². The molecule has 1 aromatic carbocycles. The molecular weight excluding hydrogens is 180 g/mol. The Bertz CT molecular complexity index is 429. The van der Waals surface area contributed by atoms with Gasteiger partial charge in [-0.1, -0.05) is 18.2 Å². The molecule has 2 rings (SSSR count). The van der Waals surface area contributed by atoms with E-state index >= 15 is 0 Å². The number of amides is 1. The molecule has 0 saturated heterocycles. The van der Waals surface area contributed by atoms with Gasteiger partial charge in [0, 0.05) is 24.0 Å². The van der Waals surface area contributed by atoms with Crippen LogP contribution in [0.5, 0.6) is 5.88 Å². The number of nitrogens with one attached hydrogen (secondary N) is 2. The summed E-state index contributed by atoms with van der Waals surface area (Å²) in [6.45, 7) is 0. The van der Waals surface area contributed by atoms with Gasteiger partial charge in [0.15, 0.2) is 0 Å². The Morgan fingerprint density at radius 3 is 2.93 bits per heavy atom. The predicted octanol–water partition coefficient (Wildman–Crippen LogP) is 1.89. The average molecular weight is 190 g/mol. The Hall–Kier alpha value is -1.97. The van der Waals surface area contributed by atoms with E-state index in [1.54, 1.807) is 6.07 Å². The third-order valence-corrected chi connectivity index (χ3v) is 1.91. The number of hydrogen-bond donors (Lipinski definition) is 2. The molecule has 1 amide bonds. The molecule has 2 N–H and O–H groups in total. The number of para-hydroxylation sites is 1. The van der Waals surface area contributed by atoms with Crippen LogP contribution in [0.1, 0.15) is 0 Å². The molecule has 0 saturated carbocycles. The van der Waals surface area contributed by atoms with Gasteiger partial charge in [0.05, 0.1) is 0 Å². The molecule has 0 atom stereocenters. The zero-order chi connectivity index (χ0) is 9.97. The summed E-state index contributed by atoms with van der Waals surface area (Å²) in [5.41, 5.74) is 0.950.